The molecule has 2 aliphatic rings. The van der Waals surface area contributed by atoms with Gasteiger partial charge in [-0.1, -0.05) is 24.3 Å². The van der Waals surface area contributed by atoms with Gasteiger partial charge in [-0.3, -0.25) is 4.79 Å². The highest BCUT2D eigenvalue weighted by molar-refractivity contribution is 7.91. The second-order valence-electron chi connectivity index (χ2n) is 6.82. The third-order valence-electron chi connectivity index (χ3n) is 5.21. The molecule has 1 atom stereocenters. The largest absolute Gasteiger partial charge is 0.356 e. The molecule has 5 heteroatoms. The van der Waals surface area contributed by atoms with E-state index in [1.807, 2.05) is 12.1 Å². The summed E-state index contributed by atoms with van der Waals surface area (Å²) in [5.41, 5.74) is 2.48. The SMILES string of the molecule is O=C(NCCC1CCS(=O)(=O)CC1)C1CCCc2ccccc21. The maximum atomic E-state index is 12.5. The maximum Gasteiger partial charge on any atom is 0.227 e. The maximum absolute atomic E-state index is 12.5. The first kappa shape index (κ1) is 16.5. The van der Waals surface area contributed by atoms with Gasteiger partial charge in [0.05, 0.1) is 17.4 Å². The minimum absolute atomic E-state index is 0.0216. The van der Waals surface area contributed by atoms with Gasteiger partial charge in [-0.2, -0.15) is 0 Å². The van der Waals surface area contributed by atoms with Crippen LogP contribution < -0.4 is 5.32 Å². The highest BCUT2D eigenvalue weighted by Crippen LogP contribution is 2.31. The zero-order valence-corrected chi connectivity index (χ0v) is 14.3. The first-order chi connectivity index (χ1) is 11.1. The second-order valence-corrected chi connectivity index (χ2v) is 9.12. The van der Waals surface area contributed by atoms with Gasteiger partial charge in [0.25, 0.3) is 0 Å². The molecule has 1 N–H and O–H groups in total. The molecule has 0 radical (unpaired) electrons. The summed E-state index contributed by atoms with van der Waals surface area (Å²) in [6.45, 7) is 0.655. The Kier molecular flexibility index (Phi) is 5.05. The van der Waals surface area contributed by atoms with Crippen molar-refractivity contribution in [1.29, 1.82) is 0 Å². The third kappa shape index (κ3) is 4.14. The van der Waals surface area contributed by atoms with Crippen molar-refractivity contribution < 1.29 is 13.2 Å². The van der Waals surface area contributed by atoms with Crippen LogP contribution in [-0.4, -0.2) is 32.4 Å². The third-order valence-corrected chi connectivity index (χ3v) is 6.93. The molecule has 23 heavy (non-hydrogen) atoms. The van der Waals surface area contributed by atoms with Crippen LogP contribution in [0, 0.1) is 5.92 Å². The van der Waals surface area contributed by atoms with Gasteiger partial charge in [0.1, 0.15) is 9.84 Å². The van der Waals surface area contributed by atoms with Crippen molar-refractivity contribution >= 4 is 15.7 Å². The highest BCUT2D eigenvalue weighted by atomic mass is 32.2. The second kappa shape index (κ2) is 7.04. The Morgan fingerprint density at radius 1 is 1.13 bits per heavy atom. The van der Waals surface area contributed by atoms with Gasteiger partial charge in [0, 0.05) is 6.54 Å². The summed E-state index contributed by atoms with van der Waals surface area (Å²) < 4.78 is 22.9. The molecule has 1 aliphatic carbocycles. The summed E-state index contributed by atoms with van der Waals surface area (Å²) in [6.07, 6.45) is 5.42. The fourth-order valence-electron chi connectivity index (χ4n) is 3.78. The van der Waals surface area contributed by atoms with E-state index in [0.717, 1.165) is 38.5 Å². The Balaban J connectivity index is 1.49. The summed E-state index contributed by atoms with van der Waals surface area (Å²) in [6, 6.07) is 8.24. The number of rotatable bonds is 4. The van der Waals surface area contributed by atoms with E-state index in [2.05, 4.69) is 17.4 Å². The average molecular weight is 335 g/mol. The van der Waals surface area contributed by atoms with E-state index in [0.29, 0.717) is 24.0 Å². The number of hydrogen-bond acceptors (Lipinski definition) is 3. The normalized spacial score (nSPS) is 23.9. The van der Waals surface area contributed by atoms with E-state index >= 15 is 0 Å². The fourth-order valence-corrected chi connectivity index (χ4v) is 5.37. The van der Waals surface area contributed by atoms with Gasteiger partial charge >= 0.3 is 0 Å². The van der Waals surface area contributed by atoms with E-state index < -0.39 is 9.84 Å². The molecule has 0 spiro atoms. The molecule has 4 nitrogen and oxygen atoms in total. The minimum Gasteiger partial charge on any atom is -0.356 e. The van der Waals surface area contributed by atoms with Crippen LogP contribution in [-0.2, 0) is 21.1 Å². The molecule has 0 saturated carbocycles. The number of fused-ring (bicyclic) bond motifs is 1. The molecular weight excluding hydrogens is 310 g/mol. The molecule has 1 unspecified atom stereocenters. The number of nitrogens with one attached hydrogen (secondary N) is 1. The molecule has 1 aromatic carbocycles. The van der Waals surface area contributed by atoms with Crippen molar-refractivity contribution in [3.63, 3.8) is 0 Å². The van der Waals surface area contributed by atoms with E-state index in [4.69, 9.17) is 0 Å². The van der Waals surface area contributed by atoms with Gasteiger partial charge in [-0.05, 0) is 55.6 Å². The molecule has 1 aliphatic heterocycles. The summed E-state index contributed by atoms with van der Waals surface area (Å²) in [4.78, 5) is 12.5. The first-order valence-electron chi connectivity index (χ1n) is 8.61. The zero-order chi connectivity index (χ0) is 16.3. The van der Waals surface area contributed by atoms with E-state index in [-0.39, 0.29) is 11.8 Å². The Morgan fingerprint density at radius 3 is 2.65 bits per heavy atom. The van der Waals surface area contributed by atoms with Crippen LogP contribution in [0.15, 0.2) is 24.3 Å². The number of aryl methyl sites for hydroxylation is 1. The van der Waals surface area contributed by atoms with Crippen molar-refractivity contribution in [2.75, 3.05) is 18.1 Å². The minimum atomic E-state index is -2.79. The Labute approximate surface area is 138 Å². The van der Waals surface area contributed by atoms with Gasteiger partial charge in [0.15, 0.2) is 0 Å². The summed E-state index contributed by atoms with van der Waals surface area (Å²) in [5, 5.41) is 3.07. The lowest BCUT2D eigenvalue weighted by molar-refractivity contribution is -0.122. The van der Waals surface area contributed by atoms with Crippen LogP contribution in [0.2, 0.25) is 0 Å². The monoisotopic (exact) mass is 335 g/mol. The number of carbonyl (C=O) groups excluding carboxylic acids is 1. The summed E-state index contributed by atoms with van der Waals surface area (Å²) in [5.74, 6) is 1.15. The van der Waals surface area contributed by atoms with Gasteiger partial charge < -0.3 is 5.32 Å². The van der Waals surface area contributed by atoms with Crippen LogP contribution in [0.1, 0.15) is 49.1 Å². The predicted molar refractivity (Wildman–Crippen MR) is 91.1 cm³/mol. The van der Waals surface area contributed by atoms with Crippen LogP contribution in [0.3, 0.4) is 0 Å². The molecule has 3 rings (SSSR count). The first-order valence-corrected chi connectivity index (χ1v) is 10.4. The fraction of sp³-hybridized carbons (Fsp3) is 0.611. The van der Waals surface area contributed by atoms with Crippen LogP contribution in [0.4, 0.5) is 0 Å². The predicted octanol–water partition coefficient (Wildman–Crippen LogP) is 2.44. The van der Waals surface area contributed by atoms with Crippen molar-refractivity contribution in [3.8, 4) is 0 Å². The summed E-state index contributed by atoms with van der Waals surface area (Å²) in [7, 11) is -2.79. The van der Waals surface area contributed by atoms with E-state index in [1.54, 1.807) is 0 Å². The number of hydrogen-bond donors (Lipinski definition) is 1. The van der Waals surface area contributed by atoms with Crippen molar-refractivity contribution in [1.82, 2.24) is 5.32 Å². The van der Waals surface area contributed by atoms with E-state index in [1.165, 1.54) is 11.1 Å². The number of benzene rings is 1. The Hall–Kier alpha value is -1.36. The van der Waals surface area contributed by atoms with Gasteiger partial charge in [-0.15, -0.1) is 0 Å². The Morgan fingerprint density at radius 2 is 1.87 bits per heavy atom. The van der Waals surface area contributed by atoms with Gasteiger partial charge in [-0.25, -0.2) is 8.42 Å². The molecule has 1 saturated heterocycles. The number of amides is 1. The molecule has 1 fully saturated rings. The molecular formula is C18H25NO3S. The molecule has 1 amide bonds. The number of sulfone groups is 1. The zero-order valence-electron chi connectivity index (χ0n) is 13.5. The van der Waals surface area contributed by atoms with Gasteiger partial charge in [0.2, 0.25) is 5.91 Å². The highest BCUT2D eigenvalue weighted by Gasteiger charge is 2.27. The standard InChI is InChI=1S/C18H25NO3S/c20-18(17-7-3-5-15-4-1-2-6-16(15)17)19-11-8-14-9-12-23(21,22)13-10-14/h1-2,4,6,14,17H,3,5,7-13H2,(H,19,20). The smallest absolute Gasteiger partial charge is 0.227 e. The quantitative estimate of drug-likeness (QED) is 0.919. The van der Waals surface area contributed by atoms with E-state index in [9.17, 15) is 13.2 Å². The lowest BCUT2D eigenvalue weighted by Gasteiger charge is -2.25. The Bertz CT molecular complexity index is 655. The lowest BCUT2D eigenvalue weighted by atomic mass is 9.82. The average Bonchev–Trinajstić information content (AvgIpc) is 2.56. The topological polar surface area (TPSA) is 63.2 Å². The summed E-state index contributed by atoms with van der Waals surface area (Å²) >= 11 is 0. The lowest BCUT2D eigenvalue weighted by Crippen LogP contribution is -2.33. The molecule has 1 aromatic rings. The van der Waals surface area contributed by atoms with Crippen LogP contribution >= 0.6 is 0 Å². The van der Waals surface area contributed by atoms with Crippen molar-refractivity contribution in [2.24, 2.45) is 5.92 Å². The van der Waals surface area contributed by atoms with Crippen molar-refractivity contribution in [2.45, 2.75) is 44.4 Å². The molecule has 0 bridgehead atoms. The molecule has 126 valence electrons. The molecule has 0 aromatic heterocycles. The van der Waals surface area contributed by atoms with Crippen molar-refractivity contribution in [3.05, 3.63) is 35.4 Å². The molecule has 1 heterocycles. The number of carbonyl (C=O) groups is 1. The van der Waals surface area contributed by atoms with Crippen LogP contribution in [0.25, 0.3) is 0 Å². The van der Waals surface area contributed by atoms with Crippen LogP contribution in [0.5, 0.6) is 0 Å².